The van der Waals surface area contributed by atoms with Gasteiger partial charge >= 0.3 is 12.0 Å². The van der Waals surface area contributed by atoms with E-state index >= 15 is 0 Å². The Labute approximate surface area is 93.6 Å². The number of nitrogens with zero attached hydrogens (tertiary/aromatic N) is 2. The highest BCUT2D eigenvalue weighted by atomic mass is 16.5. The van der Waals surface area contributed by atoms with E-state index in [1.165, 1.54) is 7.11 Å². The van der Waals surface area contributed by atoms with E-state index in [-0.39, 0.29) is 0 Å². The molecule has 0 saturated heterocycles. The maximum absolute atomic E-state index is 11.5. The second-order valence-corrected chi connectivity index (χ2v) is 3.52. The molecule has 0 aromatic rings. The number of hydrogen-bond acceptors (Lipinski definition) is 4. The van der Waals surface area contributed by atoms with Crippen molar-refractivity contribution in [1.29, 1.82) is 0 Å². The molecule has 0 radical (unpaired) electrons. The van der Waals surface area contributed by atoms with Crippen molar-refractivity contribution in [3.05, 3.63) is 11.3 Å². The summed E-state index contributed by atoms with van der Waals surface area (Å²) in [5, 5.41) is 6.98. The second-order valence-electron chi connectivity index (χ2n) is 3.52. The summed E-state index contributed by atoms with van der Waals surface area (Å²) >= 11 is 0. The maximum atomic E-state index is 11.5. The number of carbonyl (C=O) groups is 2. The number of hydrogen-bond donors (Lipinski definition) is 1. The second kappa shape index (κ2) is 5.99. The van der Waals surface area contributed by atoms with Gasteiger partial charge in [0.05, 0.1) is 18.4 Å². The molecule has 6 nitrogen and oxygen atoms in total. The molecule has 2 N–H and O–H groups in total. The van der Waals surface area contributed by atoms with Crippen LogP contribution in [-0.4, -0.2) is 19.1 Å². The molecule has 0 saturated carbocycles. The number of urea groups is 1. The Hall–Kier alpha value is -1.72. The lowest BCUT2D eigenvalue weighted by Gasteiger charge is -2.05. The topological polar surface area (TPSA) is 94.1 Å². The Balaban J connectivity index is 2.95. The van der Waals surface area contributed by atoms with Crippen molar-refractivity contribution in [2.75, 3.05) is 7.11 Å². The lowest BCUT2D eigenvalue weighted by molar-refractivity contribution is -0.136. The summed E-state index contributed by atoms with van der Waals surface area (Å²) in [4.78, 5) is 22.0. The van der Waals surface area contributed by atoms with E-state index in [0.29, 0.717) is 24.1 Å². The first-order valence-corrected chi connectivity index (χ1v) is 5.16. The van der Waals surface area contributed by atoms with Crippen molar-refractivity contribution in [2.45, 2.75) is 32.1 Å². The molecule has 6 heteroatoms. The third kappa shape index (κ3) is 3.45. The standard InChI is InChI=1S/C10H15N3O3/c1-16-9(14)7-5-3-2-4-6-8(7)12-13-10(11)15/h2-6H2,1H3,(H2,11,15). The van der Waals surface area contributed by atoms with E-state index in [1.54, 1.807) is 0 Å². The molecule has 1 rings (SSSR count). The molecule has 16 heavy (non-hydrogen) atoms. The fourth-order valence-electron chi connectivity index (χ4n) is 1.63. The predicted octanol–water partition coefficient (Wildman–Crippen LogP) is 1.91. The molecule has 0 fully saturated rings. The van der Waals surface area contributed by atoms with E-state index in [2.05, 4.69) is 15.0 Å². The van der Waals surface area contributed by atoms with Crippen LogP contribution in [0, 0.1) is 0 Å². The Morgan fingerprint density at radius 2 is 1.94 bits per heavy atom. The van der Waals surface area contributed by atoms with Crippen LogP contribution in [0.25, 0.3) is 0 Å². The van der Waals surface area contributed by atoms with Crippen LogP contribution in [0.3, 0.4) is 0 Å². The van der Waals surface area contributed by atoms with Gasteiger partial charge in [-0.3, -0.25) is 0 Å². The van der Waals surface area contributed by atoms with E-state index in [9.17, 15) is 9.59 Å². The first kappa shape index (κ1) is 12.4. The van der Waals surface area contributed by atoms with E-state index in [4.69, 9.17) is 5.73 Å². The van der Waals surface area contributed by atoms with Crippen molar-refractivity contribution in [3.63, 3.8) is 0 Å². The van der Waals surface area contributed by atoms with E-state index < -0.39 is 12.0 Å². The van der Waals surface area contributed by atoms with Gasteiger partial charge in [-0.25, -0.2) is 9.59 Å². The zero-order valence-electron chi connectivity index (χ0n) is 9.23. The lowest BCUT2D eigenvalue weighted by atomic mass is 10.1. The Bertz CT molecular complexity index is 347. The minimum atomic E-state index is -0.860. The van der Waals surface area contributed by atoms with Crippen LogP contribution in [0.5, 0.6) is 0 Å². The molecule has 0 heterocycles. The fourth-order valence-corrected chi connectivity index (χ4v) is 1.63. The molecule has 0 unspecified atom stereocenters. The molecule has 0 aliphatic heterocycles. The van der Waals surface area contributed by atoms with Crippen molar-refractivity contribution in [2.24, 2.45) is 16.0 Å². The number of methoxy groups -OCH3 is 1. The number of esters is 1. The summed E-state index contributed by atoms with van der Waals surface area (Å²) < 4.78 is 4.67. The number of carbonyl (C=O) groups excluding carboxylic acids is 2. The number of primary amides is 1. The zero-order valence-corrected chi connectivity index (χ0v) is 9.23. The predicted molar refractivity (Wildman–Crippen MR) is 56.6 cm³/mol. The number of nitrogens with two attached hydrogens (primary N) is 1. The van der Waals surface area contributed by atoms with Crippen LogP contribution >= 0.6 is 0 Å². The van der Waals surface area contributed by atoms with Crippen LogP contribution in [0.15, 0.2) is 21.5 Å². The minimum absolute atomic E-state index is 0.402. The van der Waals surface area contributed by atoms with Crippen molar-refractivity contribution < 1.29 is 14.3 Å². The van der Waals surface area contributed by atoms with Crippen molar-refractivity contribution in [3.8, 4) is 0 Å². The van der Waals surface area contributed by atoms with E-state index in [0.717, 1.165) is 19.3 Å². The average Bonchev–Trinajstić information content (AvgIpc) is 2.50. The summed E-state index contributed by atoms with van der Waals surface area (Å²) in [7, 11) is 1.32. The van der Waals surface area contributed by atoms with Crippen LogP contribution in [0.2, 0.25) is 0 Å². The van der Waals surface area contributed by atoms with Gasteiger partial charge in [-0.1, -0.05) is 11.5 Å². The van der Waals surface area contributed by atoms with Crippen molar-refractivity contribution in [1.82, 2.24) is 0 Å². The molecule has 0 aromatic heterocycles. The molecule has 1 aliphatic carbocycles. The van der Waals surface area contributed by atoms with Crippen LogP contribution in [0.1, 0.15) is 32.1 Å². The molecule has 0 bridgehead atoms. The highest BCUT2D eigenvalue weighted by molar-refractivity contribution is 5.89. The highest BCUT2D eigenvalue weighted by Gasteiger charge is 2.18. The summed E-state index contributed by atoms with van der Waals surface area (Å²) in [6.45, 7) is 0. The summed E-state index contributed by atoms with van der Waals surface area (Å²) in [6, 6.07) is -0.860. The van der Waals surface area contributed by atoms with Gasteiger partial charge in [-0.15, -0.1) is 5.11 Å². The molecule has 0 aromatic carbocycles. The SMILES string of the molecule is COC(=O)C1=C(N=NC(N)=O)CCCCC1. The first-order valence-electron chi connectivity index (χ1n) is 5.16. The van der Waals surface area contributed by atoms with Gasteiger partial charge in [-0.05, 0) is 25.7 Å². The third-order valence-electron chi connectivity index (χ3n) is 2.39. The zero-order chi connectivity index (χ0) is 12.0. The van der Waals surface area contributed by atoms with Gasteiger partial charge in [-0.2, -0.15) is 0 Å². The number of rotatable bonds is 2. The molecular formula is C10H15N3O3. The van der Waals surface area contributed by atoms with Crippen LogP contribution in [0.4, 0.5) is 4.79 Å². The molecular weight excluding hydrogens is 210 g/mol. The molecule has 2 amide bonds. The number of azo groups is 1. The number of amides is 2. The van der Waals surface area contributed by atoms with Gasteiger partial charge in [0.1, 0.15) is 0 Å². The van der Waals surface area contributed by atoms with E-state index in [1.807, 2.05) is 0 Å². The fraction of sp³-hybridized carbons (Fsp3) is 0.600. The summed E-state index contributed by atoms with van der Waals surface area (Å²) in [5.41, 5.74) is 5.89. The Kier molecular flexibility index (Phi) is 4.63. The quantitative estimate of drug-likeness (QED) is 0.574. The van der Waals surface area contributed by atoms with Crippen LogP contribution in [-0.2, 0) is 9.53 Å². The van der Waals surface area contributed by atoms with Gasteiger partial charge in [0.15, 0.2) is 0 Å². The Morgan fingerprint density at radius 3 is 2.56 bits per heavy atom. The third-order valence-corrected chi connectivity index (χ3v) is 2.39. The Morgan fingerprint density at radius 1 is 1.25 bits per heavy atom. The van der Waals surface area contributed by atoms with Crippen molar-refractivity contribution >= 4 is 12.0 Å². The van der Waals surface area contributed by atoms with Gasteiger partial charge in [0.25, 0.3) is 0 Å². The average molecular weight is 225 g/mol. The van der Waals surface area contributed by atoms with Gasteiger partial charge in [0, 0.05) is 0 Å². The minimum Gasteiger partial charge on any atom is -0.466 e. The summed E-state index contributed by atoms with van der Waals surface area (Å²) in [5.74, 6) is -0.402. The normalized spacial score (nSPS) is 17.3. The van der Waals surface area contributed by atoms with Gasteiger partial charge in [0.2, 0.25) is 0 Å². The molecule has 0 atom stereocenters. The van der Waals surface area contributed by atoms with Gasteiger partial charge < -0.3 is 10.5 Å². The lowest BCUT2D eigenvalue weighted by Crippen LogP contribution is -2.07. The number of allylic oxidation sites excluding steroid dienone is 1. The number of ether oxygens (including phenoxy) is 1. The van der Waals surface area contributed by atoms with Crippen LogP contribution < -0.4 is 5.73 Å². The molecule has 0 spiro atoms. The monoisotopic (exact) mass is 225 g/mol. The first-order chi connectivity index (χ1) is 7.65. The smallest absolute Gasteiger partial charge is 0.356 e. The molecule has 88 valence electrons. The largest absolute Gasteiger partial charge is 0.466 e. The highest BCUT2D eigenvalue weighted by Crippen LogP contribution is 2.25. The maximum Gasteiger partial charge on any atom is 0.356 e. The summed E-state index contributed by atoms with van der Waals surface area (Å²) in [6.07, 6.45) is 4.10. The molecule has 1 aliphatic rings.